The molecule has 7 heteroatoms. The molecule has 2 bridgehead atoms. The van der Waals surface area contributed by atoms with Crippen LogP contribution in [0.25, 0.3) is 0 Å². The molecule has 1 N–H and O–H groups in total. The summed E-state index contributed by atoms with van der Waals surface area (Å²) in [6.45, 7) is 5.79. The van der Waals surface area contributed by atoms with E-state index in [1.807, 2.05) is 18.2 Å². The van der Waals surface area contributed by atoms with Crippen LogP contribution in [-0.4, -0.2) is 60.1 Å². The molecule has 1 aromatic rings. The number of likely N-dealkylation sites (tertiary alicyclic amines) is 1. The number of carbonyl (C=O) groups is 2. The Morgan fingerprint density at radius 2 is 1.76 bits per heavy atom. The highest BCUT2D eigenvalue weighted by Gasteiger charge is 2.42. The highest BCUT2D eigenvalue weighted by Crippen LogP contribution is 2.38. The smallest absolute Gasteiger partial charge is 0.410 e. The van der Waals surface area contributed by atoms with Crippen molar-refractivity contribution in [3.8, 4) is 5.75 Å². The number of carbonyl (C=O) groups excluding carboxylic acids is 1. The number of carboxylic acids is 1. The van der Waals surface area contributed by atoms with Crippen molar-refractivity contribution in [2.45, 2.75) is 63.8 Å². The minimum absolute atomic E-state index is 0.132. The van der Waals surface area contributed by atoms with E-state index < -0.39 is 23.6 Å². The maximum absolute atomic E-state index is 12.2. The van der Waals surface area contributed by atoms with Crippen molar-refractivity contribution in [3.05, 3.63) is 29.8 Å². The Labute approximate surface area is 171 Å². The molecule has 1 saturated carbocycles. The Bertz CT molecular complexity index is 724. The van der Waals surface area contributed by atoms with Crippen LogP contribution in [-0.2, 0) is 14.3 Å². The summed E-state index contributed by atoms with van der Waals surface area (Å²) in [6, 6.07) is 7.31. The third-order valence-corrected chi connectivity index (χ3v) is 5.55. The van der Waals surface area contributed by atoms with Crippen molar-refractivity contribution in [1.29, 1.82) is 0 Å². The van der Waals surface area contributed by atoms with Gasteiger partial charge in [0.05, 0.1) is 25.2 Å². The van der Waals surface area contributed by atoms with E-state index in [4.69, 9.17) is 14.2 Å². The van der Waals surface area contributed by atoms with E-state index in [0.717, 1.165) is 5.56 Å². The Morgan fingerprint density at radius 3 is 2.24 bits per heavy atom. The van der Waals surface area contributed by atoms with Crippen molar-refractivity contribution in [1.82, 2.24) is 4.90 Å². The molecule has 0 aromatic heterocycles. The number of carboxylic acid groups (broad SMARTS) is 1. The summed E-state index contributed by atoms with van der Waals surface area (Å²) < 4.78 is 15.9. The van der Waals surface area contributed by atoms with E-state index in [1.54, 1.807) is 33.9 Å². The van der Waals surface area contributed by atoms with Gasteiger partial charge in [-0.1, -0.05) is 18.2 Å². The number of fused-ring (bicyclic) bond motifs is 1. The highest BCUT2D eigenvalue weighted by atomic mass is 16.6. The van der Waals surface area contributed by atoms with Crippen molar-refractivity contribution < 1.29 is 28.9 Å². The summed E-state index contributed by atoms with van der Waals surface area (Å²) >= 11 is 0. The number of rotatable bonds is 3. The van der Waals surface area contributed by atoms with E-state index in [-0.39, 0.29) is 12.5 Å². The maximum Gasteiger partial charge on any atom is 0.410 e. The quantitative estimate of drug-likeness (QED) is 0.826. The maximum atomic E-state index is 12.2. The number of hydrogen-bond donors (Lipinski definition) is 1. The topological polar surface area (TPSA) is 85.3 Å². The zero-order valence-corrected chi connectivity index (χ0v) is 17.6. The number of ether oxygens (including phenoxy) is 3. The van der Waals surface area contributed by atoms with E-state index in [1.165, 1.54) is 24.2 Å². The van der Waals surface area contributed by atoms with Gasteiger partial charge in [0.15, 0.2) is 0 Å². The average molecular weight is 405 g/mol. The predicted octanol–water partition coefficient (Wildman–Crippen LogP) is 3.67. The highest BCUT2D eigenvalue weighted by molar-refractivity contribution is 5.76. The van der Waals surface area contributed by atoms with Crippen molar-refractivity contribution >= 4 is 12.1 Å². The van der Waals surface area contributed by atoms with Gasteiger partial charge in [-0.15, -0.1) is 0 Å². The molecule has 4 atom stereocenters. The van der Waals surface area contributed by atoms with Crippen LogP contribution < -0.4 is 4.74 Å². The molecule has 1 aliphatic carbocycles. The van der Waals surface area contributed by atoms with Crippen LogP contribution in [0.4, 0.5) is 4.79 Å². The number of benzene rings is 1. The fourth-order valence-electron chi connectivity index (χ4n) is 4.12. The molecular weight excluding hydrogens is 374 g/mol. The monoisotopic (exact) mass is 405 g/mol. The van der Waals surface area contributed by atoms with Gasteiger partial charge in [-0.3, -0.25) is 4.79 Å². The molecule has 0 radical (unpaired) electrons. The molecule has 160 valence electrons. The first-order valence-corrected chi connectivity index (χ1v) is 10.2. The first-order valence-electron chi connectivity index (χ1n) is 10.2. The number of nitrogens with zero attached hydrogens (tertiary/aromatic N) is 1. The second-order valence-electron chi connectivity index (χ2n) is 8.87. The summed E-state index contributed by atoms with van der Waals surface area (Å²) in [7, 11) is 1.55. The lowest BCUT2D eigenvalue weighted by Crippen LogP contribution is -2.35. The van der Waals surface area contributed by atoms with Gasteiger partial charge in [0, 0.05) is 19.0 Å². The third-order valence-electron chi connectivity index (χ3n) is 5.55. The number of amides is 1. The van der Waals surface area contributed by atoms with Crippen LogP contribution in [0.2, 0.25) is 0 Å². The van der Waals surface area contributed by atoms with Crippen molar-refractivity contribution in [2.75, 3.05) is 20.2 Å². The normalized spacial score (nSPS) is 27.5. The van der Waals surface area contributed by atoms with Crippen LogP contribution in [0.3, 0.4) is 0 Å². The molecule has 5 rings (SSSR count). The fourth-order valence-corrected chi connectivity index (χ4v) is 4.12. The number of hydrogen-bond acceptors (Lipinski definition) is 5. The molecule has 4 fully saturated rings. The van der Waals surface area contributed by atoms with Crippen LogP contribution in [0.1, 0.15) is 51.5 Å². The van der Waals surface area contributed by atoms with Crippen molar-refractivity contribution in [2.24, 2.45) is 5.92 Å². The number of aliphatic carboxylic acids is 1. The van der Waals surface area contributed by atoms with Crippen LogP contribution >= 0.6 is 0 Å². The molecule has 4 aliphatic rings. The average Bonchev–Trinajstić information content (AvgIpc) is 3.36. The number of para-hydroxylation sites is 1. The first-order chi connectivity index (χ1) is 13.7. The van der Waals surface area contributed by atoms with E-state index >= 15 is 0 Å². The molecule has 1 aromatic carbocycles. The number of methoxy groups -OCH3 is 1. The minimum Gasteiger partial charge on any atom is -0.496 e. The zero-order chi connectivity index (χ0) is 21.2. The third kappa shape index (κ3) is 5.21. The lowest BCUT2D eigenvalue weighted by Gasteiger charge is -2.24. The Balaban J connectivity index is 0.000000334. The fraction of sp³-hybridized carbons (Fsp3) is 0.636. The molecule has 29 heavy (non-hydrogen) atoms. The standard InChI is InChI=1S/C17H23NO5.C5H8O/c1-17(2,3)23-16(21)18-9-12(13(10-18)15(19)20)11-7-5-6-8-14(11)22-4;1-2-5-3-4(1)6-5/h5-8,12-13H,9-10H2,1-4H3,(H,19,20);4-5H,1-3H2. The lowest BCUT2D eigenvalue weighted by molar-refractivity contribution is -0.141. The van der Waals surface area contributed by atoms with Gasteiger partial charge in [-0.2, -0.15) is 0 Å². The Morgan fingerprint density at radius 1 is 1.14 bits per heavy atom. The molecule has 3 heterocycles. The van der Waals surface area contributed by atoms with Crippen molar-refractivity contribution in [3.63, 3.8) is 0 Å². The van der Waals surface area contributed by atoms with Gasteiger partial charge in [0.1, 0.15) is 11.4 Å². The Hall–Kier alpha value is -2.28. The summed E-state index contributed by atoms with van der Waals surface area (Å²) in [4.78, 5) is 25.3. The summed E-state index contributed by atoms with van der Waals surface area (Å²) in [5.41, 5.74) is 0.187. The predicted molar refractivity (Wildman–Crippen MR) is 107 cm³/mol. The van der Waals surface area contributed by atoms with E-state index in [0.29, 0.717) is 24.5 Å². The van der Waals surface area contributed by atoms with Gasteiger partial charge >= 0.3 is 12.1 Å². The molecular formula is C22H31NO6. The van der Waals surface area contributed by atoms with E-state index in [9.17, 15) is 14.7 Å². The molecule has 7 nitrogen and oxygen atoms in total. The summed E-state index contributed by atoms with van der Waals surface area (Å²) in [5, 5.41) is 9.52. The van der Waals surface area contributed by atoms with Gasteiger partial charge in [-0.05, 0) is 51.7 Å². The van der Waals surface area contributed by atoms with Gasteiger partial charge in [-0.25, -0.2) is 4.79 Å². The van der Waals surface area contributed by atoms with Crippen LogP contribution in [0, 0.1) is 5.92 Å². The van der Waals surface area contributed by atoms with Crippen LogP contribution in [0.15, 0.2) is 24.3 Å². The summed E-state index contributed by atoms with van der Waals surface area (Å²) in [5.74, 6) is -1.29. The molecule has 3 aliphatic heterocycles. The minimum atomic E-state index is -0.924. The van der Waals surface area contributed by atoms with Crippen LogP contribution in [0.5, 0.6) is 5.75 Å². The molecule has 1 amide bonds. The second kappa shape index (κ2) is 8.61. The van der Waals surface area contributed by atoms with Gasteiger partial charge < -0.3 is 24.2 Å². The largest absolute Gasteiger partial charge is 0.496 e. The van der Waals surface area contributed by atoms with Gasteiger partial charge in [0.25, 0.3) is 0 Å². The molecule has 0 spiro atoms. The van der Waals surface area contributed by atoms with E-state index in [2.05, 4.69) is 0 Å². The Kier molecular flexibility index (Phi) is 6.36. The van der Waals surface area contributed by atoms with Gasteiger partial charge in [0.2, 0.25) is 0 Å². The molecule has 4 unspecified atom stereocenters. The molecule has 3 saturated heterocycles. The zero-order valence-electron chi connectivity index (χ0n) is 17.6. The lowest BCUT2D eigenvalue weighted by atomic mass is 9.88. The second-order valence-corrected chi connectivity index (χ2v) is 8.87. The summed E-state index contributed by atoms with van der Waals surface area (Å²) in [6.07, 6.45) is 4.93. The SMILES string of the molecule is C1CC2CC1O2.COc1ccccc1C1CN(C(=O)OC(C)(C)C)CC1C(=O)O. The first kappa shape index (κ1) is 21.4.